The highest BCUT2D eigenvalue weighted by Gasteiger charge is 2.45. The molecule has 1 aromatic carbocycles. The zero-order valence-electron chi connectivity index (χ0n) is 13.4. The van der Waals surface area contributed by atoms with E-state index in [9.17, 15) is 19.2 Å². The Bertz CT molecular complexity index is 852. The normalized spacial score (nSPS) is 15.2. The van der Waals surface area contributed by atoms with Gasteiger partial charge in [0.05, 0.1) is 6.54 Å². The number of amides is 4. The van der Waals surface area contributed by atoms with Crippen LogP contribution in [0.4, 0.5) is 4.79 Å². The van der Waals surface area contributed by atoms with Gasteiger partial charge in [-0.3, -0.25) is 19.3 Å². The van der Waals surface area contributed by atoms with Gasteiger partial charge in [-0.1, -0.05) is 32.0 Å². The molecule has 1 aliphatic heterocycles. The number of urea groups is 1. The number of Topliss-reactive ketones (excluding diaryl/α,β-unsaturated/α-hetero) is 1. The molecular weight excluding hydrogens is 310 g/mol. The molecule has 0 spiro atoms. The molecule has 1 saturated heterocycles. The van der Waals surface area contributed by atoms with Crippen molar-refractivity contribution in [3.63, 3.8) is 0 Å². The van der Waals surface area contributed by atoms with E-state index < -0.39 is 30.2 Å². The average molecular weight is 327 g/mol. The number of aromatic nitrogens is 1. The van der Waals surface area contributed by atoms with E-state index in [1.807, 2.05) is 26.0 Å². The molecule has 0 unspecified atom stereocenters. The Morgan fingerprint density at radius 2 is 1.75 bits per heavy atom. The van der Waals surface area contributed by atoms with Crippen LogP contribution in [0, 0.1) is 5.92 Å². The predicted octanol–water partition coefficient (Wildman–Crippen LogP) is 1.80. The highest BCUT2D eigenvalue weighted by molar-refractivity contribution is 6.45. The molecular formula is C17H17N3O4. The topological polar surface area (TPSA) is 90.6 Å². The van der Waals surface area contributed by atoms with E-state index in [-0.39, 0.29) is 12.5 Å². The summed E-state index contributed by atoms with van der Waals surface area (Å²) in [4.78, 5) is 53.3. The molecule has 0 atom stereocenters. The molecule has 1 fully saturated rings. The third kappa shape index (κ3) is 2.58. The molecule has 0 aliphatic carbocycles. The Morgan fingerprint density at radius 3 is 2.46 bits per heavy atom. The van der Waals surface area contributed by atoms with Gasteiger partial charge >= 0.3 is 17.8 Å². The minimum Gasteiger partial charge on any atom is -0.360 e. The number of benzene rings is 1. The van der Waals surface area contributed by atoms with Gasteiger partial charge in [0, 0.05) is 29.2 Å². The first-order chi connectivity index (χ1) is 11.4. The minimum atomic E-state index is -0.950. The molecule has 0 saturated carbocycles. The first kappa shape index (κ1) is 15.9. The van der Waals surface area contributed by atoms with E-state index in [0.29, 0.717) is 10.9 Å². The van der Waals surface area contributed by atoms with Gasteiger partial charge < -0.3 is 4.98 Å². The van der Waals surface area contributed by atoms with Crippen LogP contribution in [0.2, 0.25) is 0 Å². The summed E-state index contributed by atoms with van der Waals surface area (Å²) >= 11 is 0. The molecule has 2 aromatic rings. The Labute approximate surface area is 138 Å². The van der Waals surface area contributed by atoms with E-state index in [4.69, 9.17) is 0 Å². The number of nitrogens with one attached hydrogen (secondary N) is 1. The second kappa shape index (κ2) is 5.92. The molecule has 1 aromatic heterocycles. The van der Waals surface area contributed by atoms with Crippen LogP contribution in [-0.4, -0.2) is 51.5 Å². The quantitative estimate of drug-likeness (QED) is 0.515. The number of carbonyl (C=O) groups excluding carboxylic acids is 4. The number of hydrogen-bond donors (Lipinski definition) is 1. The Hall–Kier alpha value is -2.96. The van der Waals surface area contributed by atoms with E-state index in [1.54, 1.807) is 18.3 Å². The smallest absolute Gasteiger partial charge is 0.334 e. The first-order valence-electron chi connectivity index (χ1n) is 7.66. The van der Waals surface area contributed by atoms with Crippen molar-refractivity contribution in [3.8, 4) is 0 Å². The van der Waals surface area contributed by atoms with Gasteiger partial charge in [0.25, 0.3) is 0 Å². The summed E-state index contributed by atoms with van der Waals surface area (Å²) in [6, 6.07) is 6.51. The zero-order valence-corrected chi connectivity index (χ0v) is 13.4. The van der Waals surface area contributed by atoms with Crippen LogP contribution in [0.25, 0.3) is 10.9 Å². The predicted molar refractivity (Wildman–Crippen MR) is 86.3 cm³/mol. The first-order valence-corrected chi connectivity index (χ1v) is 7.66. The summed E-state index contributed by atoms with van der Waals surface area (Å²) in [5.41, 5.74) is 1.18. The van der Waals surface area contributed by atoms with Crippen molar-refractivity contribution in [3.05, 3.63) is 36.0 Å². The molecule has 0 radical (unpaired) electrons. The molecule has 4 amide bonds. The number of aromatic amines is 1. The van der Waals surface area contributed by atoms with Crippen LogP contribution in [0.1, 0.15) is 24.2 Å². The monoisotopic (exact) mass is 327 g/mol. The molecule has 0 bridgehead atoms. The molecule has 2 heterocycles. The summed E-state index contributed by atoms with van der Waals surface area (Å²) in [6.07, 6.45) is 1.55. The van der Waals surface area contributed by atoms with Gasteiger partial charge in [-0.15, -0.1) is 0 Å². The van der Waals surface area contributed by atoms with Crippen molar-refractivity contribution in [2.45, 2.75) is 13.8 Å². The van der Waals surface area contributed by atoms with Gasteiger partial charge in [0.2, 0.25) is 0 Å². The maximum Gasteiger partial charge on any atom is 0.334 e. The Morgan fingerprint density at radius 1 is 1.08 bits per heavy atom. The fourth-order valence-corrected chi connectivity index (χ4v) is 2.75. The van der Waals surface area contributed by atoms with E-state index in [0.717, 1.165) is 15.3 Å². The maximum absolute atomic E-state index is 12.5. The highest BCUT2D eigenvalue weighted by Crippen LogP contribution is 2.20. The van der Waals surface area contributed by atoms with E-state index in [2.05, 4.69) is 4.98 Å². The van der Waals surface area contributed by atoms with Crippen molar-refractivity contribution < 1.29 is 19.2 Å². The van der Waals surface area contributed by atoms with Crippen molar-refractivity contribution in [1.82, 2.24) is 14.8 Å². The molecule has 124 valence electrons. The lowest BCUT2D eigenvalue weighted by atomic mass is 10.1. The average Bonchev–Trinajstić information content (AvgIpc) is 3.06. The molecule has 3 rings (SSSR count). The zero-order chi connectivity index (χ0) is 17.4. The van der Waals surface area contributed by atoms with Crippen LogP contribution in [0.15, 0.2) is 30.5 Å². The summed E-state index contributed by atoms with van der Waals surface area (Å²) < 4.78 is 0. The van der Waals surface area contributed by atoms with Crippen LogP contribution < -0.4 is 0 Å². The molecule has 1 aliphatic rings. The van der Waals surface area contributed by atoms with Crippen LogP contribution in [0.5, 0.6) is 0 Å². The summed E-state index contributed by atoms with van der Waals surface area (Å²) in [7, 11) is 0. The third-order valence-electron chi connectivity index (χ3n) is 3.87. The largest absolute Gasteiger partial charge is 0.360 e. The Balaban J connectivity index is 1.83. The van der Waals surface area contributed by atoms with Gasteiger partial charge in [-0.2, -0.15) is 0 Å². The number of carbonyl (C=O) groups is 4. The van der Waals surface area contributed by atoms with Gasteiger partial charge in [-0.05, 0) is 12.0 Å². The van der Waals surface area contributed by atoms with Gasteiger partial charge in [-0.25, -0.2) is 9.69 Å². The van der Waals surface area contributed by atoms with Gasteiger partial charge in [0.15, 0.2) is 5.78 Å². The van der Waals surface area contributed by atoms with Crippen molar-refractivity contribution in [1.29, 1.82) is 0 Å². The minimum absolute atomic E-state index is 0.0370. The lowest BCUT2D eigenvalue weighted by Crippen LogP contribution is -2.38. The van der Waals surface area contributed by atoms with Gasteiger partial charge in [0.1, 0.15) is 0 Å². The van der Waals surface area contributed by atoms with Crippen molar-refractivity contribution in [2.24, 2.45) is 5.92 Å². The molecule has 7 nitrogen and oxygen atoms in total. The number of para-hydroxylation sites is 1. The number of imide groups is 2. The summed E-state index contributed by atoms with van der Waals surface area (Å²) in [5, 5.41) is 0.715. The fraction of sp³-hybridized carbons (Fsp3) is 0.294. The van der Waals surface area contributed by atoms with E-state index in [1.165, 1.54) is 0 Å². The number of nitrogens with zero attached hydrogens (tertiary/aromatic N) is 2. The van der Waals surface area contributed by atoms with Crippen LogP contribution >= 0.6 is 0 Å². The number of ketones is 1. The number of H-pyrrole nitrogens is 1. The second-order valence-electron chi connectivity index (χ2n) is 6.15. The molecule has 1 N–H and O–H groups in total. The van der Waals surface area contributed by atoms with Crippen LogP contribution in [-0.2, 0) is 9.59 Å². The summed E-state index contributed by atoms with van der Waals surface area (Å²) in [5.74, 6) is -2.18. The maximum atomic E-state index is 12.5. The molecule has 7 heteroatoms. The standard InChI is InChI=1S/C17H17N3O4/c1-10(2)8-19-15(22)16(23)20(17(19)24)9-14(21)12-7-18-13-6-4-3-5-11(12)13/h3-7,10,18H,8-9H2,1-2H3. The van der Waals surface area contributed by atoms with E-state index >= 15 is 0 Å². The second-order valence-corrected chi connectivity index (χ2v) is 6.15. The number of hydrogen-bond acceptors (Lipinski definition) is 4. The van der Waals surface area contributed by atoms with Crippen molar-refractivity contribution in [2.75, 3.05) is 13.1 Å². The van der Waals surface area contributed by atoms with Crippen LogP contribution in [0.3, 0.4) is 0 Å². The summed E-state index contributed by atoms with van der Waals surface area (Å²) in [6.45, 7) is 3.39. The Kier molecular flexibility index (Phi) is 3.92. The van der Waals surface area contributed by atoms with Crippen molar-refractivity contribution >= 4 is 34.5 Å². The third-order valence-corrected chi connectivity index (χ3v) is 3.87. The number of fused-ring (bicyclic) bond motifs is 1. The fourth-order valence-electron chi connectivity index (χ4n) is 2.75. The lowest BCUT2D eigenvalue weighted by Gasteiger charge is -2.16. The SMILES string of the molecule is CC(C)CN1C(=O)C(=O)N(CC(=O)c2c[nH]c3ccccc23)C1=O. The lowest BCUT2D eigenvalue weighted by molar-refractivity contribution is -0.143. The highest BCUT2D eigenvalue weighted by atomic mass is 16.2. The molecule has 24 heavy (non-hydrogen) atoms. The number of rotatable bonds is 5.